The van der Waals surface area contributed by atoms with E-state index in [0.717, 1.165) is 43.5 Å². The number of aliphatic hydroxyl groups is 1. The lowest BCUT2D eigenvalue weighted by Gasteiger charge is -2.11. The Labute approximate surface area is 125 Å². The molecule has 1 aromatic carbocycles. The number of nitrogens with zero attached hydrogens (tertiary/aromatic N) is 1. The Morgan fingerprint density at radius 3 is 2.71 bits per heavy atom. The molecule has 1 rings (SSSR count). The second-order valence-corrected chi connectivity index (χ2v) is 4.83. The number of unbranched alkanes of at least 4 members (excludes halogenated alkanes) is 3. The Bertz CT molecular complexity index is 450. The largest absolute Gasteiger partial charge is 0.496 e. The molecule has 0 radical (unpaired) electrons. The minimum Gasteiger partial charge on any atom is -0.496 e. The van der Waals surface area contributed by atoms with Gasteiger partial charge in [-0.25, -0.2) is 0 Å². The second-order valence-electron chi connectivity index (χ2n) is 4.83. The summed E-state index contributed by atoms with van der Waals surface area (Å²) in [5.41, 5.74) is 7.23. The summed E-state index contributed by atoms with van der Waals surface area (Å²) in [5.74, 6) is 0.861. The molecule has 21 heavy (non-hydrogen) atoms. The molecule has 0 aliphatic carbocycles. The van der Waals surface area contributed by atoms with E-state index >= 15 is 0 Å². The highest BCUT2D eigenvalue weighted by atomic mass is 16.5. The summed E-state index contributed by atoms with van der Waals surface area (Å²) < 4.78 is 5.31. The quantitative estimate of drug-likeness (QED) is 0.172. The van der Waals surface area contributed by atoms with Crippen molar-refractivity contribution in [1.29, 1.82) is 0 Å². The van der Waals surface area contributed by atoms with Gasteiger partial charge in [0.15, 0.2) is 5.84 Å². The van der Waals surface area contributed by atoms with Gasteiger partial charge in [0.1, 0.15) is 5.75 Å². The van der Waals surface area contributed by atoms with E-state index in [9.17, 15) is 0 Å². The summed E-state index contributed by atoms with van der Waals surface area (Å²) in [6, 6.07) is 5.42. The molecule has 0 saturated heterocycles. The van der Waals surface area contributed by atoms with Gasteiger partial charge in [-0.05, 0) is 37.6 Å². The highest BCUT2D eigenvalue weighted by molar-refractivity contribution is 5.97. The molecule has 0 unspecified atom stereocenters. The zero-order chi connectivity index (χ0) is 15.5. The van der Waals surface area contributed by atoms with Crippen molar-refractivity contribution in [2.45, 2.75) is 32.2 Å². The maximum atomic E-state index is 8.72. The van der Waals surface area contributed by atoms with Crippen molar-refractivity contribution in [1.82, 2.24) is 5.32 Å². The van der Waals surface area contributed by atoms with Crippen molar-refractivity contribution in [3.63, 3.8) is 0 Å². The molecule has 118 valence electrons. The van der Waals surface area contributed by atoms with E-state index in [1.165, 1.54) is 0 Å². The number of amidine groups is 1. The summed E-state index contributed by atoms with van der Waals surface area (Å²) in [6.45, 7) is 1.84. The molecule has 0 aliphatic rings. The Morgan fingerprint density at radius 1 is 1.29 bits per heavy atom. The first kappa shape index (κ1) is 17.3. The monoisotopic (exact) mass is 295 g/mol. The summed E-state index contributed by atoms with van der Waals surface area (Å²) in [5, 5.41) is 23.8. The van der Waals surface area contributed by atoms with Gasteiger partial charge in [-0.15, -0.1) is 0 Å². The number of aliphatic hydroxyl groups excluding tert-OH is 1. The average molecular weight is 295 g/mol. The number of oxime groups is 1. The molecule has 6 heteroatoms. The van der Waals surface area contributed by atoms with Gasteiger partial charge >= 0.3 is 0 Å². The number of nitrogens with two attached hydrogens (primary N) is 1. The number of hydrogen-bond donors (Lipinski definition) is 4. The summed E-state index contributed by atoms with van der Waals surface area (Å²) in [6.07, 6.45) is 4.10. The molecular weight excluding hydrogens is 270 g/mol. The van der Waals surface area contributed by atoms with E-state index in [2.05, 4.69) is 10.5 Å². The highest BCUT2D eigenvalue weighted by Crippen LogP contribution is 2.19. The van der Waals surface area contributed by atoms with E-state index in [0.29, 0.717) is 12.1 Å². The van der Waals surface area contributed by atoms with Gasteiger partial charge in [0.25, 0.3) is 0 Å². The molecular formula is C15H25N3O3. The normalized spacial score (nSPS) is 11.6. The van der Waals surface area contributed by atoms with Crippen molar-refractivity contribution < 1.29 is 15.1 Å². The van der Waals surface area contributed by atoms with Crippen LogP contribution in [0.15, 0.2) is 23.4 Å². The fourth-order valence-electron chi connectivity index (χ4n) is 2.07. The van der Waals surface area contributed by atoms with Crippen LogP contribution in [0.4, 0.5) is 0 Å². The first-order chi connectivity index (χ1) is 10.2. The van der Waals surface area contributed by atoms with Crippen LogP contribution in [-0.4, -0.2) is 36.4 Å². The predicted molar refractivity (Wildman–Crippen MR) is 82.8 cm³/mol. The third-order valence-corrected chi connectivity index (χ3v) is 3.26. The molecule has 0 heterocycles. The van der Waals surface area contributed by atoms with Crippen LogP contribution < -0.4 is 15.8 Å². The van der Waals surface area contributed by atoms with E-state index in [1.54, 1.807) is 13.2 Å². The molecule has 6 nitrogen and oxygen atoms in total. The van der Waals surface area contributed by atoms with Crippen LogP contribution in [0.3, 0.4) is 0 Å². The molecule has 0 bridgehead atoms. The lowest BCUT2D eigenvalue weighted by atomic mass is 10.1. The number of hydrogen-bond acceptors (Lipinski definition) is 5. The van der Waals surface area contributed by atoms with Crippen LogP contribution in [-0.2, 0) is 6.54 Å². The number of ether oxygens (including phenoxy) is 1. The molecule has 0 saturated carbocycles. The van der Waals surface area contributed by atoms with Crippen LogP contribution in [0.25, 0.3) is 0 Å². The number of nitrogens with one attached hydrogen (secondary N) is 1. The predicted octanol–water partition coefficient (Wildman–Crippen LogP) is 1.43. The van der Waals surface area contributed by atoms with Gasteiger partial charge in [-0.3, -0.25) is 0 Å². The zero-order valence-corrected chi connectivity index (χ0v) is 12.5. The number of benzene rings is 1. The first-order valence-corrected chi connectivity index (χ1v) is 7.19. The van der Waals surface area contributed by atoms with Crippen LogP contribution in [0.2, 0.25) is 0 Å². The number of methoxy groups -OCH3 is 1. The lowest BCUT2D eigenvalue weighted by Crippen LogP contribution is -2.17. The molecule has 1 aromatic rings. The van der Waals surface area contributed by atoms with Gasteiger partial charge in [0.2, 0.25) is 0 Å². The molecule has 0 spiro atoms. The van der Waals surface area contributed by atoms with Crippen molar-refractivity contribution in [2.24, 2.45) is 10.9 Å². The van der Waals surface area contributed by atoms with Gasteiger partial charge in [-0.2, -0.15) is 0 Å². The fraction of sp³-hybridized carbons (Fsp3) is 0.533. The second kappa shape index (κ2) is 10.0. The number of rotatable bonds is 10. The lowest BCUT2D eigenvalue weighted by molar-refractivity contribution is 0.282. The third-order valence-electron chi connectivity index (χ3n) is 3.26. The van der Waals surface area contributed by atoms with Crippen molar-refractivity contribution >= 4 is 5.84 Å². The van der Waals surface area contributed by atoms with Crippen molar-refractivity contribution in [3.05, 3.63) is 29.3 Å². The van der Waals surface area contributed by atoms with E-state index in [1.807, 2.05) is 12.1 Å². The molecule has 0 aromatic heterocycles. The van der Waals surface area contributed by atoms with Crippen molar-refractivity contribution in [3.8, 4) is 5.75 Å². The SMILES string of the molecule is COc1ccc(/C(N)=N/O)cc1CNCCCCCCO. The van der Waals surface area contributed by atoms with Crippen LogP contribution in [0.1, 0.15) is 36.8 Å². The Balaban J connectivity index is 2.49. The first-order valence-electron chi connectivity index (χ1n) is 7.19. The Kier molecular flexibility index (Phi) is 8.23. The molecule has 5 N–H and O–H groups in total. The average Bonchev–Trinajstić information content (AvgIpc) is 2.53. The van der Waals surface area contributed by atoms with Gasteiger partial charge in [0.05, 0.1) is 7.11 Å². The maximum absolute atomic E-state index is 8.72. The van der Waals surface area contributed by atoms with Gasteiger partial charge < -0.3 is 26.1 Å². The molecule has 0 amide bonds. The van der Waals surface area contributed by atoms with Crippen molar-refractivity contribution in [2.75, 3.05) is 20.3 Å². The van der Waals surface area contributed by atoms with Crippen LogP contribution >= 0.6 is 0 Å². The van der Waals surface area contributed by atoms with Crippen LogP contribution in [0.5, 0.6) is 5.75 Å². The van der Waals surface area contributed by atoms with E-state index in [4.69, 9.17) is 20.8 Å². The van der Waals surface area contributed by atoms with Crippen LogP contribution in [0, 0.1) is 0 Å². The topological polar surface area (TPSA) is 100 Å². The minimum absolute atomic E-state index is 0.0860. The molecule has 0 fully saturated rings. The zero-order valence-electron chi connectivity index (χ0n) is 12.5. The van der Waals surface area contributed by atoms with E-state index < -0.39 is 0 Å². The third kappa shape index (κ3) is 6.01. The standard InChI is InChI=1S/C15H25N3O3/c1-21-14-7-6-12(15(16)18-20)10-13(14)11-17-8-4-2-3-5-9-19/h6-7,10,17,19-20H,2-5,8-9,11H2,1H3,(H2,16,18). The fourth-order valence-corrected chi connectivity index (χ4v) is 2.07. The minimum atomic E-state index is 0.0860. The summed E-state index contributed by atoms with van der Waals surface area (Å²) >= 11 is 0. The summed E-state index contributed by atoms with van der Waals surface area (Å²) in [4.78, 5) is 0. The van der Waals surface area contributed by atoms with Gasteiger partial charge in [0, 0.05) is 24.3 Å². The highest BCUT2D eigenvalue weighted by Gasteiger charge is 2.07. The Hall–Kier alpha value is -1.79. The molecule has 0 atom stereocenters. The van der Waals surface area contributed by atoms with Gasteiger partial charge in [-0.1, -0.05) is 18.0 Å². The van der Waals surface area contributed by atoms with E-state index in [-0.39, 0.29) is 12.4 Å². The smallest absolute Gasteiger partial charge is 0.170 e. The maximum Gasteiger partial charge on any atom is 0.170 e. The molecule has 0 aliphatic heterocycles. The summed E-state index contributed by atoms with van der Waals surface area (Å²) in [7, 11) is 1.62. The Morgan fingerprint density at radius 2 is 2.05 bits per heavy atom.